The maximum absolute atomic E-state index is 13.9. The number of thioether (sulfide) groups is 1. The van der Waals surface area contributed by atoms with E-state index in [1.165, 1.54) is 9.58 Å². The van der Waals surface area contributed by atoms with E-state index >= 15 is 0 Å². The molecule has 3 aromatic rings. The van der Waals surface area contributed by atoms with Gasteiger partial charge in [0, 0.05) is 32.2 Å². The van der Waals surface area contributed by atoms with Gasteiger partial charge in [-0.15, -0.1) is 0 Å². The number of amides is 1. The lowest BCUT2D eigenvalue weighted by Gasteiger charge is -2.33. The summed E-state index contributed by atoms with van der Waals surface area (Å²) in [5.74, 6) is 0.209. The van der Waals surface area contributed by atoms with Crippen molar-refractivity contribution in [1.29, 1.82) is 5.26 Å². The van der Waals surface area contributed by atoms with Crippen LogP contribution in [0.25, 0.3) is 11.8 Å². The molecule has 1 aromatic carbocycles. The minimum absolute atomic E-state index is 0.0326. The van der Waals surface area contributed by atoms with E-state index in [0.717, 1.165) is 11.8 Å². The van der Waals surface area contributed by atoms with Gasteiger partial charge in [0.2, 0.25) is 0 Å². The van der Waals surface area contributed by atoms with E-state index in [-0.39, 0.29) is 26.7 Å². The van der Waals surface area contributed by atoms with Crippen molar-refractivity contribution in [3.05, 3.63) is 78.3 Å². The quantitative estimate of drug-likeness (QED) is 0.337. The number of benzene rings is 1. The lowest BCUT2D eigenvalue weighted by molar-refractivity contribution is -0.113. The Morgan fingerprint density at radius 2 is 1.77 bits per heavy atom. The topological polar surface area (TPSA) is 106 Å². The minimum Gasteiger partial charge on any atom is -0.378 e. The number of hydrogen-bond acceptors (Lipinski definition) is 8. The fourth-order valence-corrected chi connectivity index (χ4v) is 6.41. The van der Waals surface area contributed by atoms with Crippen molar-refractivity contribution < 1.29 is 9.53 Å². The number of pyridine rings is 1. The van der Waals surface area contributed by atoms with Gasteiger partial charge in [-0.25, -0.2) is 4.68 Å². The average molecular weight is 577 g/mol. The van der Waals surface area contributed by atoms with Crippen LogP contribution in [-0.4, -0.2) is 50.5 Å². The number of thiocarbonyl (C=S) groups is 1. The van der Waals surface area contributed by atoms with Crippen LogP contribution >= 0.6 is 24.0 Å². The van der Waals surface area contributed by atoms with Crippen LogP contribution in [0.4, 0.5) is 11.5 Å². The van der Waals surface area contributed by atoms with Crippen molar-refractivity contribution in [2.45, 2.75) is 27.3 Å². The molecule has 0 bridgehead atoms. The molecule has 2 aromatic heterocycles. The highest BCUT2D eigenvalue weighted by molar-refractivity contribution is 8.27. The number of ether oxygens (including phenoxy) is 1. The summed E-state index contributed by atoms with van der Waals surface area (Å²) in [7, 11) is 1.76. The highest BCUT2D eigenvalue weighted by Crippen LogP contribution is 2.38. The van der Waals surface area contributed by atoms with Crippen LogP contribution in [0.1, 0.15) is 29.3 Å². The molecule has 2 fully saturated rings. The SMILES string of the molecule is CCn1c(N2CCOCC2)c(C=C2SC(=S)N(c3c(C)n(C)n(-c4ccccc4)c3=O)C2=O)c(C)c(C#N)c1=O. The summed E-state index contributed by atoms with van der Waals surface area (Å²) in [6.45, 7) is 7.82. The van der Waals surface area contributed by atoms with Crippen LogP contribution in [-0.2, 0) is 23.1 Å². The molecule has 2 aliphatic rings. The molecule has 2 saturated heterocycles. The molecule has 2 aliphatic heterocycles. The Bertz CT molecular complexity index is 1720. The molecule has 0 radical (unpaired) electrons. The van der Waals surface area contributed by atoms with Crippen molar-refractivity contribution in [2.24, 2.45) is 7.05 Å². The summed E-state index contributed by atoms with van der Waals surface area (Å²) in [4.78, 5) is 44.4. The number of nitriles is 1. The molecule has 10 nitrogen and oxygen atoms in total. The Kier molecular flexibility index (Phi) is 7.55. The van der Waals surface area contributed by atoms with Crippen molar-refractivity contribution in [3.8, 4) is 11.8 Å². The maximum Gasteiger partial charge on any atom is 0.296 e. The molecule has 206 valence electrons. The van der Waals surface area contributed by atoms with Crippen LogP contribution in [0, 0.1) is 25.2 Å². The number of carbonyl (C=O) groups excluding carboxylic acids is 1. The summed E-state index contributed by atoms with van der Waals surface area (Å²) in [6.07, 6.45) is 1.69. The number of para-hydroxylation sites is 1. The molecule has 4 heterocycles. The van der Waals surface area contributed by atoms with Crippen molar-refractivity contribution in [1.82, 2.24) is 13.9 Å². The highest BCUT2D eigenvalue weighted by atomic mass is 32.2. The zero-order valence-corrected chi connectivity index (χ0v) is 24.3. The van der Waals surface area contributed by atoms with Gasteiger partial charge in [-0.05, 0) is 44.5 Å². The van der Waals surface area contributed by atoms with Crippen molar-refractivity contribution in [2.75, 3.05) is 36.1 Å². The molecular formula is C28H28N6O4S2. The maximum atomic E-state index is 13.9. The standard InChI is InChI=1S/C28H28N6O4S2/c1-5-32-24(31-11-13-38-14-12-31)20(17(2)21(16-29)25(32)35)15-22-26(36)33(28(39)40-22)23-18(3)30(4)34(27(23)37)19-9-7-6-8-10-19/h6-10,15H,5,11-14H2,1-4H3. The molecule has 0 aliphatic carbocycles. The van der Waals surface area contributed by atoms with Gasteiger partial charge in [0.1, 0.15) is 23.1 Å². The first kappa shape index (κ1) is 27.6. The number of morpholine rings is 1. The molecule has 0 atom stereocenters. The van der Waals surface area contributed by atoms with Gasteiger partial charge in [-0.3, -0.25) is 28.5 Å². The van der Waals surface area contributed by atoms with E-state index in [1.54, 1.807) is 36.2 Å². The van der Waals surface area contributed by atoms with E-state index in [2.05, 4.69) is 4.90 Å². The first-order chi connectivity index (χ1) is 19.2. The fraction of sp³-hybridized carbons (Fsp3) is 0.321. The lowest BCUT2D eigenvalue weighted by atomic mass is 10.0. The van der Waals surface area contributed by atoms with E-state index in [4.69, 9.17) is 17.0 Å². The smallest absolute Gasteiger partial charge is 0.296 e. The second-order valence-corrected chi connectivity index (χ2v) is 11.1. The van der Waals surface area contributed by atoms with E-state index in [0.29, 0.717) is 66.1 Å². The molecule has 0 saturated carbocycles. The van der Waals surface area contributed by atoms with Crippen molar-refractivity contribution >= 4 is 51.8 Å². The Morgan fingerprint density at radius 3 is 2.40 bits per heavy atom. The van der Waals surface area contributed by atoms with Gasteiger partial charge in [-0.1, -0.05) is 42.2 Å². The molecule has 0 unspecified atom stereocenters. The molecule has 40 heavy (non-hydrogen) atoms. The third kappa shape index (κ3) is 4.40. The third-order valence-corrected chi connectivity index (χ3v) is 8.59. The molecule has 5 rings (SSSR count). The Balaban J connectivity index is 1.66. The predicted octanol–water partition coefficient (Wildman–Crippen LogP) is 3.09. The van der Waals surface area contributed by atoms with Crippen LogP contribution in [0.2, 0.25) is 0 Å². The number of anilines is 2. The van der Waals surface area contributed by atoms with Gasteiger partial charge < -0.3 is 9.64 Å². The summed E-state index contributed by atoms with van der Waals surface area (Å²) in [6, 6.07) is 11.2. The Labute approximate surface area is 240 Å². The van der Waals surface area contributed by atoms with E-state index in [1.807, 2.05) is 43.3 Å². The normalized spacial score (nSPS) is 16.7. The number of nitrogens with zero attached hydrogens (tertiary/aromatic N) is 6. The summed E-state index contributed by atoms with van der Waals surface area (Å²) < 4.78 is 10.5. The number of aromatic nitrogens is 3. The summed E-state index contributed by atoms with van der Waals surface area (Å²) in [5.41, 5.74) is 1.85. The number of hydrogen-bond donors (Lipinski definition) is 0. The second kappa shape index (κ2) is 10.9. The molecule has 12 heteroatoms. The van der Waals surface area contributed by atoms with Gasteiger partial charge in [0.15, 0.2) is 4.32 Å². The van der Waals surface area contributed by atoms with Gasteiger partial charge in [0.05, 0.1) is 29.5 Å². The summed E-state index contributed by atoms with van der Waals surface area (Å²) >= 11 is 6.72. The van der Waals surface area contributed by atoms with E-state index in [9.17, 15) is 19.6 Å². The van der Waals surface area contributed by atoms with Gasteiger partial charge in [0.25, 0.3) is 17.0 Å². The average Bonchev–Trinajstić information content (AvgIpc) is 3.35. The highest BCUT2D eigenvalue weighted by Gasteiger charge is 2.38. The monoisotopic (exact) mass is 576 g/mol. The fourth-order valence-electron chi connectivity index (χ4n) is 5.16. The molecule has 0 N–H and O–H groups in total. The van der Waals surface area contributed by atoms with Crippen LogP contribution < -0.4 is 20.9 Å². The third-order valence-electron chi connectivity index (χ3n) is 7.29. The van der Waals surface area contributed by atoms with E-state index < -0.39 is 5.91 Å². The first-order valence-corrected chi connectivity index (χ1v) is 14.1. The number of rotatable bonds is 5. The van der Waals surface area contributed by atoms with Crippen LogP contribution in [0.3, 0.4) is 0 Å². The van der Waals surface area contributed by atoms with Crippen LogP contribution in [0.5, 0.6) is 0 Å². The zero-order chi connectivity index (χ0) is 28.7. The largest absolute Gasteiger partial charge is 0.378 e. The summed E-state index contributed by atoms with van der Waals surface area (Å²) in [5, 5.41) is 9.82. The lowest BCUT2D eigenvalue weighted by Crippen LogP contribution is -2.41. The Morgan fingerprint density at radius 1 is 1.10 bits per heavy atom. The molecule has 0 spiro atoms. The van der Waals surface area contributed by atoms with Crippen molar-refractivity contribution in [3.63, 3.8) is 0 Å². The number of carbonyl (C=O) groups is 1. The van der Waals surface area contributed by atoms with Gasteiger partial charge in [-0.2, -0.15) is 5.26 Å². The van der Waals surface area contributed by atoms with Crippen LogP contribution in [0.15, 0.2) is 44.8 Å². The zero-order valence-electron chi connectivity index (χ0n) is 22.6. The second-order valence-electron chi connectivity index (χ2n) is 9.43. The molecular weight excluding hydrogens is 548 g/mol. The Hall–Kier alpha value is -3.92. The molecule has 1 amide bonds. The first-order valence-electron chi connectivity index (χ1n) is 12.8. The minimum atomic E-state index is -0.430. The predicted molar refractivity (Wildman–Crippen MR) is 160 cm³/mol. The van der Waals surface area contributed by atoms with Gasteiger partial charge >= 0.3 is 0 Å².